The second-order valence-electron chi connectivity index (χ2n) is 6.09. The van der Waals surface area contributed by atoms with E-state index in [9.17, 15) is 0 Å². The lowest BCUT2D eigenvalue weighted by Gasteiger charge is -2.18. The Morgan fingerprint density at radius 3 is 2.72 bits per heavy atom. The van der Waals surface area contributed by atoms with Crippen molar-refractivity contribution in [2.45, 2.75) is 51.7 Å². The number of rotatable bonds is 4. The van der Waals surface area contributed by atoms with Crippen LogP contribution in [0.1, 0.15) is 36.0 Å². The molecule has 0 aromatic heterocycles. The van der Waals surface area contributed by atoms with E-state index in [-0.39, 0.29) is 0 Å². The van der Waals surface area contributed by atoms with E-state index in [1.54, 1.807) is 0 Å². The lowest BCUT2D eigenvalue weighted by atomic mass is 10.1. The smallest absolute Gasteiger partial charge is 0.0237 e. The number of benzene rings is 1. The minimum atomic E-state index is 0.739. The largest absolute Gasteiger partial charge is 0.310 e. The Bertz CT molecular complexity index is 423. The highest BCUT2D eigenvalue weighted by atomic mass is 15.2. The van der Waals surface area contributed by atoms with Crippen molar-refractivity contribution >= 4 is 0 Å². The van der Waals surface area contributed by atoms with E-state index in [2.05, 4.69) is 42.3 Å². The number of aryl methyl sites for hydroxylation is 2. The summed E-state index contributed by atoms with van der Waals surface area (Å²) in [5, 5.41) is 3.75. The molecule has 1 saturated carbocycles. The van der Waals surface area contributed by atoms with Crippen LogP contribution < -0.4 is 5.32 Å². The standard InChI is InChI=1S/C16H24N2/c1-12-3-4-14(13(2)9-12)10-18-8-7-16(11-18)17-15-5-6-15/h3-4,9,15-17H,5-8,10-11H2,1-2H3. The van der Waals surface area contributed by atoms with Crippen LogP contribution in [0.3, 0.4) is 0 Å². The van der Waals surface area contributed by atoms with Gasteiger partial charge in [-0.3, -0.25) is 4.90 Å². The Balaban J connectivity index is 1.56. The first kappa shape index (κ1) is 12.2. The Labute approximate surface area is 110 Å². The minimum Gasteiger partial charge on any atom is -0.310 e. The number of likely N-dealkylation sites (tertiary alicyclic amines) is 1. The zero-order valence-electron chi connectivity index (χ0n) is 11.6. The van der Waals surface area contributed by atoms with Crippen molar-refractivity contribution in [1.29, 1.82) is 0 Å². The van der Waals surface area contributed by atoms with Gasteiger partial charge in [0, 0.05) is 31.7 Å². The zero-order valence-corrected chi connectivity index (χ0v) is 11.6. The van der Waals surface area contributed by atoms with Gasteiger partial charge in [0.25, 0.3) is 0 Å². The third-order valence-electron chi connectivity index (χ3n) is 4.21. The fraction of sp³-hybridized carbons (Fsp3) is 0.625. The molecule has 1 atom stereocenters. The third-order valence-corrected chi connectivity index (χ3v) is 4.21. The highest BCUT2D eigenvalue weighted by Gasteiger charge is 2.29. The van der Waals surface area contributed by atoms with Crippen LogP contribution in [0, 0.1) is 13.8 Å². The Morgan fingerprint density at radius 1 is 1.17 bits per heavy atom. The predicted octanol–water partition coefficient (Wildman–Crippen LogP) is 2.63. The van der Waals surface area contributed by atoms with Gasteiger partial charge in [-0.1, -0.05) is 23.8 Å². The first-order valence-corrected chi connectivity index (χ1v) is 7.25. The van der Waals surface area contributed by atoms with Gasteiger partial charge in [-0.15, -0.1) is 0 Å². The quantitative estimate of drug-likeness (QED) is 0.876. The summed E-state index contributed by atoms with van der Waals surface area (Å²) < 4.78 is 0. The van der Waals surface area contributed by atoms with Crippen molar-refractivity contribution < 1.29 is 0 Å². The minimum absolute atomic E-state index is 0.739. The molecule has 18 heavy (non-hydrogen) atoms. The summed E-state index contributed by atoms with van der Waals surface area (Å²) in [7, 11) is 0. The van der Waals surface area contributed by atoms with Crippen LogP contribution in [0.15, 0.2) is 18.2 Å². The SMILES string of the molecule is Cc1ccc(CN2CCC(NC3CC3)C2)c(C)c1. The van der Waals surface area contributed by atoms with Gasteiger partial charge in [0.05, 0.1) is 0 Å². The second-order valence-corrected chi connectivity index (χ2v) is 6.09. The normalized spacial score (nSPS) is 24.7. The molecule has 0 spiro atoms. The molecule has 2 fully saturated rings. The van der Waals surface area contributed by atoms with Crippen molar-refractivity contribution in [1.82, 2.24) is 10.2 Å². The van der Waals surface area contributed by atoms with Crippen LogP contribution in [0.5, 0.6) is 0 Å². The maximum Gasteiger partial charge on any atom is 0.0237 e. The Morgan fingerprint density at radius 2 is 2.00 bits per heavy atom. The van der Waals surface area contributed by atoms with Crippen LogP contribution in [0.25, 0.3) is 0 Å². The summed E-state index contributed by atoms with van der Waals surface area (Å²) >= 11 is 0. The van der Waals surface area contributed by atoms with Gasteiger partial charge in [0.15, 0.2) is 0 Å². The number of hydrogen-bond acceptors (Lipinski definition) is 2. The molecule has 98 valence electrons. The average molecular weight is 244 g/mol. The highest BCUT2D eigenvalue weighted by molar-refractivity contribution is 5.30. The van der Waals surface area contributed by atoms with Gasteiger partial charge in [0.2, 0.25) is 0 Å². The topological polar surface area (TPSA) is 15.3 Å². The van der Waals surface area contributed by atoms with Crippen LogP contribution in [-0.2, 0) is 6.54 Å². The number of hydrogen-bond donors (Lipinski definition) is 1. The molecule has 2 heteroatoms. The highest BCUT2D eigenvalue weighted by Crippen LogP contribution is 2.23. The molecule has 1 aromatic rings. The van der Waals surface area contributed by atoms with Crippen molar-refractivity contribution in [3.05, 3.63) is 34.9 Å². The first-order valence-electron chi connectivity index (χ1n) is 7.25. The number of nitrogens with zero attached hydrogens (tertiary/aromatic N) is 1. The van der Waals surface area contributed by atoms with E-state index in [4.69, 9.17) is 0 Å². The van der Waals surface area contributed by atoms with Gasteiger partial charge in [-0.25, -0.2) is 0 Å². The second kappa shape index (κ2) is 5.02. The molecule has 3 rings (SSSR count). The maximum atomic E-state index is 3.75. The monoisotopic (exact) mass is 244 g/mol. The molecule has 1 heterocycles. The van der Waals surface area contributed by atoms with Crippen molar-refractivity contribution in [3.8, 4) is 0 Å². The molecule has 1 aliphatic heterocycles. The lowest BCUT2D eigenvalue weighted by Crippen LogP contribution is -2.33. The van der Waals surface area contributed by atoms with E-state index < -0.39 is 0 Å². The van der Waals surface area contributed by atoms with E-state index in [1.807, 2.05) is 0 Å². The Hall–Kier alpha value is -0.860. The molecule has 1 unspecified atom stereocenters. The van der Waals surface area contributed by atoms with Gasteiger partial charge in [-0.2, -0.15) is 0 Å². The van der Waals surface area contributed by atoms with Gasteiger partial charge in [0.1, 0.15) is 0 Å². The maximum absolute atomic E-state index is 3.75. The fourth-order valence-corrected chi connectivity index (χ4v) is 2.96. The Kier molecular flexibility index (Phi) is 3.40. The van der Waals surface area contributed by atoms with Gasteiger partial charge >= 0.3 is 0 Å². The molecule has 0 bridgehead atoms. The molecule has 2 nitrogen and oxygen atoms in total. The van der Waals surface area contributed by atoms with E-state index in [0.29, 0.717) is 0 Å². The van der Waals surface area contributed by atoms with E-state index >= 15 is 0 Å². The summed E-state index contributed by atoms with van der Waals surface area (Å²) in [4.78, 5) is 2.59. The van der Waals surface area contributed by atoms with Gasteiger partial charge < -0.3 is 5.32 Å². The van der Waals surface area contributed by atoms with E-state index in [1.165, 1.54) is 49.0 Å². The zero-order chi connectivity index (χ0) is 12.5. The fourth-order valence-electron chi connectivity index (χ4n) is 2.96. The summed E-state index contributed by atoms with van der Waals surface area (Å²) in [5.74, 6) is 0. The summed E-state index contributed by atoms with van der Waals surface area (Å²) in [6.07, 6.45) is 4.11. The molecule has 0 amide bonds. The van der Waals surface area contributed by atoms with Crippen molar-refractivity contribution in [2.75, 3.05) is 13.1 Å². The van der Waals surface area contributed by atoms with Gasteiger partial charge in [-0.05, 0) is 44.2 Å². The van der Waals surface area contributed by atoms with Crippen LogP contribution >= 0.6 is 0 Å². The summed E-state index contributed by atoms with van der Waals surface area (Å²) in [5.41, 5.74) is 4.30. The molecule has 1 aromatic carbocycles. The molecule has 1 N–H and O–H groups in total. The average Bonchev–Trinajstić information content (AvgIpc) is 3.02. The van der Waals surface area contributed by atoms with Crippen molar-refractivity contribution in [3.63, 3.8) is 0 Å². The molecule has 2 aliphatic rings. The first-order chi connectivity index (χ1) is 8.70. The predicted molar refractivity (Wildman–Crippen MR) is 75.8 cm³/mol. The van der Waals surface area contributed by atoms with Crippen molar-refractivity contribution in [2.24, 2.45) is 0 Å². The number of nitrogens with one attached hydrogen (secondary N) is 1. The molecule has 0 radical (unpaired) electrons. The summed E-state index contributed by atoms with van der Waals surface area (Å²) in [6, 6.07) is 8.41. The molecule has 1 aliphatic carbocycles. The summed E-state index contributed by atoms with van der Waals surface area (Å²) in [6.45, 7) is 8.00. The van der Waals surface area contributed by atoms with Crippen LogP contribution in [-0.4, -0.2) is 30.1 Å². The molecule has 1 saturated heterocycles. The molecular weight excluding hydrogens is 220 g/mol. The lowest BCUT2D eigenvalue weighted by molar-refractivity contribution is 0.319. The van der Waals surface area contributed by atoms with E-state index in [0.717, 1.165) is 18.6 Å². The third kappa shape index (κ3) is 2.93. The van der Waals surface area contributed by atoms with Crippen LogP contribution in [0.4, 0.5) is 0 Å². The molecular formula is C16H24N2. The van der Waals surface area contributed by atoms with Crippen LogP contribution in [0.2, 0.25) is 0 Å².